The van der Waals surface area contributed by atoms with E-state index in [1.54, 1.807) is 7.11 Å². The van der Waals surface area contributed by atoms with E-state index in [9.17, 15) is 0 Å². The fraction of sp³-hybridized carbons (Fsp3) is 0.500. The zero-order valence-electron chi connectivity index (χ0n) is 11.6. The lowest BCUT2D eigenvalue weighted by Gasteiger charge is -2.25. The second kappa shape index (κ2) is 5.31. The zero-order chi connectivity index (χ0) is 14.2. The average Bonchev–Trinajstić information content (AvgIpc) is 2.69. The molecule has 0 saturated carbocycles. The number of alkyl halides is 1. The summed E-state index contributed by atoms with van der Waals surface area (Å²) in [5.41, 5.74) is 1.48. The molecule has 0 fully saturated rings. The molecule has 0 N–H and O–H groups in total. The molecule has 1 unspecified atom stereocenters. The molecular weight excluding hydrogens is 283 g/mol. The van der Waals surface area contributed by atoms with Crippen LogP contribution in [0.1, 0.15) is 32.0 Å². The van der Waals surface area contributed by atoms with Gasteiger partial charge in [0, 0.05) is 7.11 Å². The number of hydrogen-bond donors (Lipinski definition) is 0. The van der Waals surface area contributed by atoms with Crippen molar-refractivity contribution in [3.05, 3.63) is 29.0 Å². The molecule has 3 nitrogen and oxygen atoms in total. The van der Waals surface area contributed by atoms with Gasteiger partial charge in [0.15, 0.2) is 0 Å². The van der Waals surface area contributed by atoms with E-state index in [1.165, 1.54) is 0 Å². The van der Waals surface area contributed by atoms with Gasteiger partial charge in [-0.15, -0.1) is 11.6 Å². The Labute approximate surface area is 123 Å². The second-order valence-corrected chi connectivity index (χ2v) is 6.31. The van der Waals surface area contributed by atoms with Crippen molar-refractivity contribution >= 4 is 34.2 Å². The van der Waals surface area contributed by atoms with E-state index >= 15 is 0 Å². The van der Waals surface area contributed by atoms with Crippen LogP contribution in [-0.4, -0.2) is 22.3 Å². The fourth-order valence-corrected chi connectivity index (χ4v) is 2.42. The maximum absolute atomic E-state index is 6.24. The van der Waals surface area contributed by atoms with Gasteiger partial charge < -0.3 is 9.30 Å². The summed E-state index contributed by atoms with van der Waals surface area (Å²) in [5.74, 6) is 0.815. The topological polar surface area (TPSA) is 27.1 Å². The quantitative estimate of drug-likeness (QED) is 0.782. The van der Waals surface area contributed by atoms with E-state index in [2.05, 4.69) is 9.55 Å². The molecule has 19 heavy (non-hydrogen) atoms. The number of rotatable bonds is 4. The third-order valence-electron chi connectivity index (χ3n) is 3.21. The number of halogens is 2. The van der Waals surface area contributed by atoms with Gasteiger partial charge in [-0.25, -0.2) is 4.98 Å². The van der Waals surface area contributed by atoms with Gasteiger partial charge >= 0.3 is 0 Å². The highest BCUT2D eigenvalue weighted by Gasteiger charge is 2.23. The maximum atomic E-state index is 6.24. The van der Waals surface area contributed by atoms with E-state index in [4.69, 9.17) is 27.9 Å². The van der Waals surface area contributed by atoms with Crippen LogP contribution in [0.5, 0.6) is 0 Å². The summed E-state index contributed by atoms with van der Waals surface area (Å²) in [7, 11) is 1.70. The summed E-state index contributed by atoms with van der Waals surface area (Å²) < 4.78 is 7.59. The van der Waals surface area contributed by atoms with E-state index in [0.29, 0.717) is 11.6 Å². The lowest BCUT2D eigenvalue weighted by Crippen LogP contribution is -2.29. The zero-order valence-corrected chi connectivity index (χ0v) is 13.1. The Morgan fingerprint density at radius 2 is 2.11 bits per heavy atom. The molecule has 0 radical (unpaired) electrons. The molecule has 0 spiro atoms. The number of nitrogens with zero attached hydrogens (tertiary/aromatic N) is 2. The predicted molar refractivity (Wildman–Crippen MR) is 80.1 cm³/mol. The maximum Gasteiger partial charge on any atom is 0.127 e. The molecule has 0 saturated heterocycles. The van der Waals surface area contributed by atoms with Crippen molar-refractivity contribution in [3.8, 4) is 0 Å². The Hall–Kier alpha value is -0.770. The van der Waals surface area contributed by atoms with Crippen molar-refractivity contribution in [2.75, 3.05) is 7.11 Å². The Kier molecular flexibility index (Phi) is 4.09. The SMILES string of the molecule is COC(C)(C)Cn1c(C(C)Cl)nc2c(Cl)cccc21. The number of hydrogen-bond acceptors (Lipinski definition) is 2. The Bertz CT molecular complexity index is 590. The van der Waals surface area contributed by atoms with Crippen LogP contribution >= 0.6 is 23.2 Å². The minimum atomic E-state index is -0.295. The normalized spacial score (nSPS) is 14.0. The number of fused-ring (bicyclic) bond motifs is 1. The smallest absolute Gasteiger partial charge is 0.127 e. The van der Waals surface area contributed by atoms with Crippen LogP contribution in [0.4, 0.5) is 0 Å². The molecule has 2 aromatic rings. The van der Waals surface area contributed by atoms with Crippen molar-refractivity contribution in [1.82, 2.24) is 9.55 Å². The van der Waals surface area contributed by atoms with Gasteiger partial charge in [-0.3, -0.25) is 0 Å². The summed E-state index contributed by atoms with van der Waals surface area (Å²) >= 11 is 12.4. The van der Waals surface area contributed by atoms with Crippen molar-refractivity contribution in [2.24, 2.45) is 0 Å². The molecule has 1 heterocycles. The molecular formula is C14H18Cl2N2O. The minimum Gasteiger partial charge on any atom is -0.377 e. The fourth-order valence-electron chi connectivity index (χ4n) is 2.05. The summed E-state index contributed by atoms with van der Waals surface area (Å²) in [6.07, 6.45) is 0. The van der Waals surface area contributed by atoms with Crippen LogP contribution in [-0.2, 0) is 11.3 Å². The summed E-state index contributed by atoms with van der Waals surface area (Å²) in [6.45, 7) is 6.65. The molecule has 0 aliphatic heterocycles. The molecule has 1 aromatic heterocycles. The molecule has 1 atom stereocenters. The van der Waals surface area contributed by atoms with Gasteiger partial charge in [-0.2, -0.15) is 0 Å². The number of para-hydroxylation sites is 1. The first-order chi connectivity index (χ1) is 8.85. The predicted octanol–water partition coefficient (Wildman–Crippen LogP) is 4.41. The third-order valence-corrected chi connectivity index (χ3v) is 3.71. The first kappa shape index (κ1) is 14.6. The molecule has 0 aliphatic rings. The number of methoxy groups -OCH3 is 1. The third kappa shape index (κ3) is 2.88. The van der Waals surface area contributed by atoms with Gasteiger partial charge in [0.2, 0.25) is 0 Å². The van der Waals surface area contributed by atoms with Crippen LogP contribution in [0.3, 0.4) is 0 Å². The molecule has 104 valence electrons. The van der Waals surface area contributed by atoms with E-state index < -0.39 is 0 Å². The standard InChI is InChI=1S/C14H18Cl2N2O/c1-9(15)13-17-12-10(16)6-5-7-11(12)18(13)8-14(2,3)19-4/h5-7,9H,8H2,1-4H3. The first-order valence-corrected chi connectivity index (χ1v) is 7.01. The highest BCUT2D eigenvalue weighted by atomic mass is 35.5. The Morgan fingerprint density at radius 3 is 2.68 bits per heavy atom. The molecule has 0 aliphatic carbocycles. The number of aromatic nitrogens is 2. The van der Waals surface area contributed by atoms with Crippen LogP contribution in [0, 0.1) is 0 Å². The number of imidazole rings is 1. The molecule has 1 aromatic carbocycles. The van der Waals surface area contributed by atoms with Crippen LogP contribution < -0.4 is 0 Å². The van der Waals surface area contributed by atoms with Gasteiger partial charge in [0.05, 0.1) is 28.1 Å². The van der Waals surface area contributed by atoms with Crippen molar-refractivity contribution in [3.63, 3.8) is 0 Å². The molecule has 5 heteroatoms. The van der Waals surface area contributed by atoms with Crippen LogP contribution in [0.15, 0.2) is 18.2 Å². The van der Waals surface area contributed by atoms with Crippen molar-refractivity contribution in [1.29, 1.82) is 0 Å². The second-order valence-electron chi connectivity index (χ2n) is 5.24. The number of benzene rings is 1. The highest BCUT2D eigenvalue weighted by Crippen LogP contribution is 2.30. The van der Waals surface area contributed by atoms with E-state index in [0.717, 1.165) is 16.9 Å². The monoisotopic (exact) mass is 300 g/mol. The Morgan fingerprint density at radius 1 is 1.42 bits per heavy atom. The van der Waals surface area contributed by atoms with Gasteiger partial charge in [0.1, 0.15) is 11.3 Å². The van der Waals surface area contributed by atoms with Gasteiger partial charge in [-0.1, -0.05) is 17.7 Å². The molecule has 0 bridgehead atoms. The van der Waals surface area contributed by atoms with Gasteiger partial charge in [0.25, 0.3) is 0 Å². The first-order valence-electron chi connectivity index (χ1n) is 6.19. The minimum absolute atomic E-state index is 0.184. The van der Waals surface area contributed by atoms with E-state index in [1.807, 2.05) is 39.0 Å². The summed E-state index contributed by atoms with van der Waals surface area (Å²) in [4.78, 5) is 4.57. The summed E-state index contributed by atoms with van der Waals surface area (Å²) in [6, 6.07) is 5.76. The van der Waals surface area contributed by atoms with Crippen LogP contribution in [0.25, 0.3) is 11.0 Å². The summed E-state index contributed by atoms with van der Waals surface area (Å²) in [5, 5.41) is 0.459. The molecule has 2 rings (SSSR count). The average molecular weight is 301 g/mol. The van der Waals surface area contributed by atoms with Crippen molar-refractivity contribution < 1.29 is 4.74 Å². The largest absolute Gasteiger partial charge is 0.377 e. The van der Waals surface area contributed by atoms with Crippen LogP contribution in [0.2, 0.25) is 5.02 Å². The van der Waals surface area contributed by atoms with Crippen molar-refractivity contribution in [2.45, 2.75) is 38.3 Å². The highest BCUT2D eigenvalue weighted by molar-refractivity contribution is 6.35. The van der Waals surface area contributed by atoms with Gasteiger partial charge in [-0.05, 0) is 32.9 Å². The number of ether oxygens (including phenoxy) is 1. The lowest BCUT2D eigenvalue weighted by molar-refractivity contribution is 0.00842. The Balaban J connectivity index is 2.62. The lowest BCUT2D eigenvalue weighted by atomic mass is 10.1. The molecule has 0 amide bonds. The van der Waals surface area contributed by atoms with E-state index in [-0.39, 0.29) is 11.0 Å².